The number of hydrogen-bond donors (Lipinski definition) is 1. The van der Waals surface area contributed by atoms with Gasteiger partial charge in [0, 0.05) is 34.6 Å². The monoisotopic (exact) mass is 685 g/mol. The van der Waals surface area contributed by atoms with Crippen molar-refractivity contribution in [3.8, 4) is 0 Å². The molecule has 0 heterocycles. The van der Waals surface area contributed by atoms with Crippen LogP contribution in [-0.2, 0) is 32.6 Å². The van der Waals surface area contributed by atoms with Crippen molar-refractivity contribution < 1.29 is 18.0 Å². The summed E-state index contributed by atoms with van der Waals surface area (Å²) >= 11 is 19.0. The second-order valence-corrected chi connectivity index (χ2v) is 13.6. The Hall–Kier alpha value is -3.56. The van der Waals surface area contributed by atoms with Gasteiger partial charge in [0.05, 0.1) is 10.6 Å². The van der Waals surface area contributed by atoms with E-state index in [4.69, 9.17) is 34.8 Å². The molecule has 0 spiro atoms. The number of unbranched alkanes of at least 4 members (excludes halogenated alkanes) is 1. The number of benzene rings is 4. The molecule has 236 valence electrons. The van der Waals surface area contributed by atoms with Gasteiger partial charge in [-0.15, -0.1) is 0 Å². The quantitative estimate of drug-likeness (QED) is 0.140. The van der Waals surface area contributed by atoms with E-state index in [0.29, 0.717) is 27.2 Å². The highest BCUT2D eigenvalue weighted by Gasteiger charge is 2.35. The van der Waals surface area contributed by atoms with Crippen molar-refractivity contribution in [2.45, 2.75) is 43.7 Å². The molecule has 11 heteroatoms. The SMILES string of the molecule is CCCCNC(=O)C(Cc1ccccc1)N(Cc1ccc(Cl)cc1Cl)C(=O)CN(c1cccc(Cl)c1)S(=O)(=O)c1ccccc1. The van der Waals surface area contributed by atoms with Crippen molar-refractivity contribution in [2.24, 2.45) is 0 Å². The van der Waals surface area contributed by atoms with Crippen molar-refractivity contribution in [2.75, 3.05) is 17.4 Å². The molecule has 0 aliphatic rings. The maximum absolute atomic E-state index is 14.5. The first-order valence-corrected chi connectivity index (χ1v) is 17.1. The summed E-state index contributed by atoms with van der Waals surface area (Å²) in [4.78, 5) is 29.7. The van der Waals surface area contributed by atoms with E-state index in [1.54, 1.807) is 54.6 Å². The Bertz CT molecular complexity index is 1710. The molecule has 0 saturated heterocycles. The highest BCUT2D eigenvalue weighted by Crippen LogP contribution is 2.28. The summed E-state index contributed by atoms with van der Waals surface area (Å²) in [5.74, 6) is -0.960. The van der Waals surface area contributed by atoms with Gasteiger partial charge >= 0.3 is 0 Å². The molecule has 2 amide bonds. The largest absolute Gasteiger partial charge is 0.354 e. The van der Waals surface area contributed by atoms with Crippen molar-refractivity contribution in [1.29, 1.82) is 0 Å². The van der Waals surface area contributed by atoms with Crippen LogP contribution in [0.2, 0.25) is 15.1 Å². The van der Waals surface area contributed by atoms with Crippen LogP contribution in [0.1, 0.15) is 30.9 Å². The summed E-state index contributed by atoms with van der Waals surface area (Å²) in [6.07, 6.45) is 1.83. The maximum Gasteiger partial charge on any atom is 0.264 e. The fourth-order valence-corrected chi connectivity index (χ4v) is 6.85. The minimum atomic E-state index is -4.23. The molecule has 0 aromatic heterocycles. The van der Waals surface area contributed by atoms with Gasteiger partial charge in [0.2, 0.25) is 11.8 Å². The second kappa shape index (κ2) is 16.1. The van der Waals surface area contributed by atoms with E-state index in [9.17, 15) is 18.0 Å². The van der Waals surface area contributed by atoms with E-state index in [1.807, 2.05) is 37.3 Å². The van der Waals surface area contributed by atoms with Crippen molar-refractivity contribution in [1.82, 2.24) is 10.2 Å². The van der Waals surface area contributed by atoms with Gasteiger partial charge in [0.15, 0.2) is 0 Å². The summed E-state index contributed by atoms with van der Waals surface area (Å²) in [6, 6.07) is 27.4. The number of carbonyl (C=O) groups excluding carboxylic acids is 2. The molecule has 7 nitrogen and oxygen atoms in total. The molecule has 1 atom stereocenters. The molecule has 0 bridgehead atoms. The van der Waals surface area contributed by atoms with Crippen LogP contribution in [0.25, 0.3) is 0 Å². The minimum absolute atomic E-state index is 0.00298. The Morgan fingerprint density at radius 2 is 1.49 bits per heavy atom. The fraction of sp³-hybridized carbons (Fsp3) is 0.235. The lowest BCUT2D eigenvalue weighted by molar-refractivity contribution is -0.140. The molecule has 4 aromatic rings. The number of sulfonamides is 1. The molecule has 1 N–H and O–H groups in total. The third-order valence-electron chi connectivity index (χ3n) is 7.16. The number of carbonyl (C=O) groups is 2. The Morgan fingerprint density at radius 3 is 2.13 bits per heavy atom. The normalized spacial score (nSPS) is 11.9. The van der Waals surface area contributed by atoms with Gasteiger partial charge in [-0.05, 0) is 60.0 Å². The molecule has 4 rings (SSSR count). The summed E-state index contributed by atoms with van der Waals surface area (Å²) in [5.41, 5.74) is 1.59. The summed E-state index contributed by atoms with van der Waals surface area (Å²) < 4.78 is 29.1. The zero-order chi connectivity index (χ0) is 32.4. The molecule has 1 unspecified atom stereocenters. The van der Waals surface area contributed by atoms with Crippen LogP contribution >= 0.6 is 34.8 Å². The Kier molecular flexibility index (Phi) is 12.3. The average molecular weight is 687 g/mol. The highest BCUT2D eigenvalue weighted by atomic mass is 35.5. The number of nitrogens with zero attached hydrogens (tertiary/aromatic N) is 2. The number of rotatable bonds is 14. The predicted octanol–water partition coefficient (Wildman–Crippen LogP) is 7.40. The third-order valence-corrected chi connectivity index (χ3v) is 9.77. The van der Waals surface area contributed by atoms with Crippen LogP contribution in [0.5, 0.6) is 0 Å². The van der Waals surface area contributed by atoms with Crippen LogP contribution < -0.4 is 9.62 Å². The van der Waals surface area contributed by atoms with Crippen LogP contribution in [0, 0.1) is 0 Å². The molecule has 0 radical (unpaired) electrons. The zero-order valence-corrected chi connectivity index (χ0v) is 27.8. The van der Waals surface area contributed by atoms with Crippen LogP contribution in [-0.4, -0.2) is 44.3 Å². The predicted molar refractivity (Wildman–Crippen MR) is 181 cm³/mol. The molecular weight excluding hydrogens is 653 g/mol. The molecule has 0 aliphatic carbocycles. The molecule has 0 aliphatic heterocycles. The first-order valence-electron chi connectivity index (χ1n) is 14.5. The number of hydrogen-bond acceptors (Lipinski definition) is 4. The van der Waals surface area contributed by atoms with E-state index < -0.39 is 28.5 Å². The van der Waals surface area contributed by atoms with Gasteiger partial charge in [-0.1, -0.05) is 109 Å². The van der Waals surface area contributed by atoms with E-state index >= 15 is 0 Å². The number of anilines is 1. The molecule has 45 heavy (non-hydrogen) atoms. The summed E-state index contributed by atoms with van der Waals surface area (Å²) in [7, 11) is -4.23. The van der Waals surface area contributed by atoms with E-state index in [0.717, 1.165) is 22.7 Å². The Morgan fingerprint density at radius 1 is 0.822 bits per heavy atom. The van der Waals surface area contributed by atoms with Gasteiger partial charge in [-0.2, -0.15) is 0 Å². The van der Waals surface area contributed by atoms with Gasteiger partial charge < -0.3 is 10.2 Å². The second-order valence-electron chi connectivity index (χ2n) is 10.4. The molecule has 4 aromatic carbocycles. The lowest BCUT2D eigenvalue weighted by atomic mass is 10.0. The van der Waals surface area contributed by atoms with Crippen molar-refractivity contribution in [3.63, 3.8) is 0 Å². The van der Waals surface area contributed by atoms with Gasteiger partial charge in [-0.25, -0.2) is 8.42 Å². The number of amides is 2. The first kappa shape index (κ1) is 34.3. The third kappa shape index (κ3) is 9.23. The van der Waals surface area contributed by atoms with E-state index in [-0.39, 0.29) is 29.5 Å². The Labute approximate surface area is 279 Å². The molecule has 0 saturated carbocycles. The minimum Gasteiger partial charge on any atom is -0.354 e. The van der Waals surface area contributed by atoms with Gasteiger partial charge in [-0.3, -0.25) is 13.9 Å². The van der Waals surface area contributed by atoms with E-state index in [2.05, 4.69) is 5.32 Å². The summed E-state index contributed by atoms with van der Waals surface area (Å²) in [6.45, 7) is 1.78. The van der Waals surface area contributed by atoms with Crippen LogP contribution in [0.3, 0.4) is 0 Å². The molecule has 0 fully saturated rings. The van der Waals surface area contributed by atoms with E-state index in [1.165, 1.54) is 23.1 Å². The number of halogens is 3. The first-order chi connectivity index (χ1) is 21.6. The summed E-state index contributed by atoms with van der Waals surface area (Å²) in [5, 5.41) is 3.99. The number of nitrogens with one attached hydrogen (secondary N) is 1. The van der Waals surface area contributed by atoms with Crippen LogP contribution in [0.4, 0.5) is 5.69 Å². The van der Waals surface area contributed by atoms with Crippen molar-refractivity contribution in [3.05, 3.63) is 129 Å². The fourth-order valence-electron chi connectivity index (χ4n) is 4.77. The molecular formula is C34H34Cl3N3O4S. The topological polar surface area (TPSA) is 86.8 Å². The van der Waals surface area contributed by atoms with Gasteiger partial charge in [0.25, 0.3) is 10.0 Å². The highest BCUT2D eigenvalue weighted by molar-refractivity contribution is 7.92. The van der Waals surface area contributed by atoms with Crippen molar-refractivity contribution >= 4 is 62.3 Å². The lowest BCUT2D eigenvalue weighted by Gasteiger charge is -2.34. The smallest absolute Gasteiger partial charge is 0.264 e. The zero-order valence-electron chi connectivity index (χ0n) is 24.7. The Balaban J connectivity index is 1.80. The van der Waals surface area contributed by atoms with Crippen LogP contribution in [0.15, 0.2) is 108 Å². The average Bonchev–Trinajstić information content (AvgIpc) is 3.03. The van der Waals surface area contributed by atoms with Gasteiger partial charge in [0.1, 0.15) is 12.6 Å². The standard InChI is InChI=1S/C34H34Cl3N3O4S/c1-2-3-19-38-34(42)32(20-25-11-6-4-7-12-25)39(23-26-17-18-28(36)22-31(26)37)33(41)24-40(29-14-10-13-27(35)21-29)45(43,44)30-15-8-5-9-16-30/h4-18,21-22,32H,2-3,19-20,23-24H2,1H3,(H,38,42). The lowest BCUT2D eigenvalue weighted by Crippen LogP contribution is -2.53. The maximum atomic E-state index is 14.5.